The van der Waals surface area contributed by atoms with Crippen LogP contribution in [0.4, 0.5) is 10.1 Å². The highest BCUT2D eigenvalue weighted by molar-refractivity contribution is 8.15. The van der Waals surface area contributed by atoms with Crippen molar-refractivity contribution in [2.45, 2.75) is 38.5 Å². The molecule has 0 radical (unpaired) electrons. The average molecular weight is 414 g/mol. The van der Waals surface area contributed by atoms with Gasteiger partial charge >= 0.3 is 0 Å². The first-order valence-corrected chi connectivity index (χ1v) is 10.4. The van der Waals surface area contributed by atoms with Gasteiger partial charge in [-0.15, -0.1) is 0 Å². The van der Waals surface area contributed by atoms with Gasteiger partial charge in [0.1, 0.15) is 11.1 Å². The Hall–Kier alpha value is -2.67. The number of halogens is 1. The molecule has 7 heteroatoms. The van der Waals surface area contributed by atoms with Gasteiger partial charge in [-0.2, -0.15) is 0 Å². The lowest BCUT2D eigenvalue weighted by Gasteiger charge is -2.17. The van der Waals surface area contributed by atoms with Gasteiger partial charge in [0.25, 0.3) is 0 Å². The number of rotatable bonds is 6. The van der Waals surface area contributed by atoms with Crippen LogP contribution in [-0.4, -0.2) is 34.2 Å². The predicted octanol–water partition coefficient (Wildman–Crippen LogP) is 3.96. The lowest BCUT2D eigenvalue weighted by Crippen LogP contribution is -2.33. The molecule has 0 bridgehead atoms. The van der Waals surface area contributed by atoms with Crippen LogP contribution in [0.15, 0.2) is 47.5 Å². The average Bonchev–Trinajstić information content (AvgIpc) is 2.99. The normalized spacial score (nSPS) is 17.8. The third-order valence-corrected chi connectivity index (χ3v) is 6.01. The number of amidine groups is 1. The van der Waals surface area contributed by atoms with Crippen molar-refractivity contribution in [3.05, 3.63) is 65.0 Å². The van der Waals surface area contributed by atoms with Gasteiger partial charge in [0.15, 0.2) is 5.17 Å². The zero-order chi connectivity index (χ0) is 21.0. The van der Waals surface area contributed by atoms with Crippen LogP contribution in [0.25, 0.3) is 0 Å². The number of hydrogen-bond acceptors (Lipinski definition) is 4. The van der Waals surface area contributed by atoms with E-state index < -0.39 is 5.25 Å². The fourth-order valence-corrected chi connectivity index (χ4v) is 4.23. The number of carbonyl (C=O) groups is 2. The summed E-state index contributed by atoms with van der Waals surface area (Å²) in [6.07, 6.45) is 0.892. The molecular formula is C22H24FN3O2S. The first-order valence-electron chi connectivity index (χ1n) is 9.53. The Balaban J connectivity index is 1.95. The summed E-state index contributed by atoms with van der Waals surface area (Å²) in [4.78, 5) is 31.1. The number of amides is 2. The summed E-state index contributed by atoms with van der Waals surface area (Å²) in [6.45, 7) is 3.96. The summed E-state index contributed by atoms with van der Waals surface area (Å²) in [5, 5.41) is 2.55. The van der Waals surface area contributed by atoms with E-state index in [0.29, 0.717) is 16.3 Å². The number of nitrogens with zero attached hydrogens (tertiary/aromatic N) is 2. The molecule has 2 aromatic rings. The molecule has 1 unspecified atom stereocenters. The highest BCUT2D eigenvalue weighted by Gasteiger charge is 2.39. The van der Waals surface area contributed by atoms with Crippen LogP contribution in [0.3, 0.4) is 0 Å². The number of aliphatic imine (C=N–C) groups is 1. The van der Waals surface area contributed by atoms with E-state index >= 15 is 0 Å². The molecule has 0 aliphatic carbocycles. The Morgan fingerprint density at radius 2 is 2.03 bits per heavy atom. The Labute approximate surface area is 174 Å². The van der Waals surface area contributed by atoms with Crippen LogP contribution in [0.1, 0.15) is 30.0 Å². The summed E-state index contributed by atoms with van der Waals surface area (Å²) >= 11 is 1.28. The van der Waals surface area contributed by atoms with Crippen LogP contribution in [0.2, 0.25) is 0 Å². The van der Waals surface area contributed by atoms with Crippen molar-refractivity contribution in [3.8, 4) is 0 Å². The fraction of sp³-hybridized carbons (Fsp3) is 0.318. The first kappa shape index (κ1) is 21.0. The van der Waals surface area contributed by atoms with Crippen molar-refractivity contribution in [2.75, 3.05) is 7.05 Å². The second-order valence-corrected chi connectivity index (χ2v) is 8.04. The highest BCUT2D eigenvalue weighted by Crippen LogP contribution is 2.33. The molecule has 2 amide bonds. The second-order valence-electron chi connectivity index (χ2n) is 6.87. The summed E-state index contributed by atoms with van der Waals surface area (Å²) in [5.74, 6) is -0.696. The topological polar surface area (TPSA) is 61.8 Å². The Morgan fingerprint density at radius 3 is 2.72 bits per heavy atom. The molecule has 0 spiro atoms. The largest absolute Gasteiger partial charge is 0.359 e. The summed E-state index contributed by atoms with van der Waals surface area (Å²) < 4.78 is 14.0. The number of hydrogen-bond donors (Lipinski definition) is 1. The molecule has 1 fully saturated rings. The quantitative estimate of drug-likeness (QED) is 0.780. The second kappa shape index (κ2) is 9.22. The van der Waals surface area contributed by atoms with Gasteiger partial charge in [-0.25, -0.2) is 9.38 Å². The molecule has 1 aliphatic heterocycles. The summed E-state index contributed by atoms with van der Waals surface area (Å²) in [5.41, 5.74) is 3.10. The van der Waals surface area contributed by atoms with E-state index in [1.54, 1.807) is 31.0 Å². The molecule has 2 aromatic carbocycles. The molecule has 1 saturated heterocycles. The number of carbonyl (C=O) groups excluding carboxylic acids is 2. The number of nitrogens with one attached hydrogen (secondary N) is 1. The van der Waals surface area contributed by atoms with Crippen molar-refractivity contribution < 1.29 is 14.0 Å². The number of para-hydroxylation sites is 1. The van der Waals surface area contributed by atoms with Crippen molar-refractivity contribution in [1.29, 1.82) is 0 Å². The minimum atomic E-state index is -0.544. The molecule has 5 nitrogen and oxygen atoms in total. The molecule has 3 rings (SSSR count). The van der Waals surface area contributed by atoms with E-state index in [2.05, 4.69) is 5.32 Å². The van der Waals surface area contributed by atoms with Gasteiger partial charge in [-0.1, -0.05) is 49.0 Å². The molecule has 0 aromatic heterocycles. The van der Waals surface area contributed by atoms with Crippen LogP contribution in [0, 0.1) is 12.7 Å². The zero-order valence-electron chi connectivity index (χ0n) is 16.7. The lowest BCUT2D eigenvalue weighted by atomic mass is 10.1. The van der Waals surface area contributed by atoms with Crippen LogP contribution >= 0.6 is 11.8 Å². The van der Waals surface area contributed by atoms with Crippen LogP contribution in [-0.2, 0) is 22.6 Å². The minimum Gasteiger partial charge on any atom is -0.359 e. The van der Waals surface area contributed by atoms with E-state index in [-0.39, 0.29) is 30.6 Å². The van der Waals surface area contributed by atoms with E-state index in [0.717, 1.165) is 17.7 Å². The number of benzene rings is 2. The Kier molecular flexibility index (Phi) is 6.69. The van der Waals surface area contributed by atoms with Crippen molar-refractivity contribution >= 4 is 34.4 Å². The highest BCUT2D eigenvalue weighted by atomic mass is 32.2. The molecule has 1 N–H and O–H groups in total. The van der Waals surface area contributed by atoms with Gasteiger partial charge in [-0.3, -0.25) is 14.5 Å². The number of aryl methyl sites for hydroxylation is 2. The standard InChI is InChI=1S/C22H24FN3O2S/c1-4-16-7-5-6-8-18(16)25-22-26(13-15-10-9-14(2)17(23)11-15)21(28)19(29-22)12-20(27)24-3/h5-11,19H,4,12-13H2,1-3H3,(H,24,27). The molecule has 152 valence electrons. The first-order chi connectivity index (χ1) is 13.9. The van der Waals surface area contributed by atoms with Crippen LogP contribution in [0.5, 0.6) is 0 Å². The molecule has 1 heterocycles. The van der Waals surface area contributed by atoms with Crippen molar-refractivity contribution in [2.24, 2.45) is 4.99 Å². The van der Waals surface area contributed by atoms with E-state index in [4.69, 9.17) is 4.99 Å². The van der Waals surface area contributed by atoms with E-state index in [1.165, 1.54) is 17.8 Å². The maximum absolute atomic E-state index is 14.0. The van der Waals surface area contributed by atoms with Crippen molar-refractivity contribution in [3.63, 3.8) is 0 Å². The zero-order valence-corrected chi connectivity index (χ0v) is 17.6. The summed E-state index contributed by atoms with van der Waals surface area (Å²) in [6, 6.07) is 12.7. The fourth-order valence-electron chi connectivity index (χ4n) is 3.08. The summed E-state index contributed by atoms with van der Waals surface area (Å²) in [7, 11) is 1.55. The van der Waals surface area contributed by atoms with Gasteiger partial charge in [0, 0.05) is 13.5 Å². The van der Waals surface area contributed by atoms with Gasteiger partial charge < -0.3 is 5.32 Å². The third-order valence-electron chi connectivity index (χ3n) is 4.84. The SMILES string of the molecule is CCc1ccccc1N=C1SC(CC(=O)NC)C(=O)N1Cc1ccc(C)c(F)c1. The molecule has 1 atom stereocenters. The molecule has 0 saturated carbocycles. The molecule has 1 aliphatic rings. The predicted molar refractivity (Wildman–Crippen MR) is 115 cm³/mol. The maximum Gasteiger partial charge on any atom is 0.242 e. The van der Waals surface area contributed by atoms with E-state index in [9.17, 15) is 14.0 Å². The Morgan fingerprint density at radius 1 is 1.28 bits per heavy atom. The molecular weight excluding hydrogens is 389 g/mol. The lowest BCUT2D eigenvalue weighted by molar-refractivity contribution is -0.129. The molecule has 29 heavy (non-hydrogen) atoms. The van der Waals surface area contributed by atoms with E-state index in [1.807, 2.05) is 31.2 Å². The van der Waals surface area contributed by atoms with Gasteiger partial charge in [-0.05, 0) is 42.2 Å². The third kappa shape index (κ3) is 4.85. The van der Waals surface area contributed by atoms with Crippen molar-refractivity contribution in [1.82, 2.24) is 10.2 Å². The van der Waals surface area contributed by atoms with Gasteiger partial charge in [0.05, 0.1) is 12.2 Å². The van der Waals surface area contributed by atoms with Gasteiger partial charge in [0.2, 0.25) is 11.8 Å². The maximum atomic E-state index is 14.0. The number of thioether (sulfide) groups is 1. The van der Waals surface area contributed by atoms with Crippen LogP contribution < -0.4 is 5.32 Å². The Bertz CT molecular complexity index is 961. The smallest absolute Gasteiger partial charge is 0.242 e. The monoisotopic (exact) mass is 413 g/mol. The minimum absolute atomic E-state index is 0.0766.